The Kier molecular flexibility index (Phi) is 17.0. The van der Waals surface area contributed by atoms with Gasteiger partial charge in [0, 0.05) is 10.0 Å². The van der Waals surface area contributed by atoms with Crippen molar-refractivity contribution in [1.82, 2.24) is 10.2 Å². The quantitative estimate of drug-likeness (QED) is 0.0305. The second kappa shape index (κ2) is 21.1. The van der Waals surface area contributed by atoms with Gasteiger partial charge in [0.15, 0.2) is 11.8 Å². The Morgan fingerprint density at radius 3 is 1.94 bits per heavy atom. The number of hydrogen-bond donors (Lipinski definition) is 2. The number of Topliss-reactive ketones (excluding diaryl/α,β-unsaturated/α-hetero) is 1. The lowest BCUT2D eigenvalue weighted by atomic mass is 10.0. The topological polar surface area (TPSA) is 140 Å². The van der Waals surface area contributed by atoms with Crippen LogP contribution in [-0.2, 0) is 14.3 Å². The van der Waals surface area contributed by atoms with Gasteiger partial charge in [0.2, 0.25) is 0 Å². The molecule has 1 fully saturated rings. The lowest BCUT2D eigenvalue weighted by Crippen LogP contribution is -2.52. The van der Waals surface area contributed by atoms with Crippen molar-refractivity contribution in [2.24, 2.45) is 0 Å². The molecule has 50 heavy (non-hydrogen) atoms. The van der Waals surface area contributed by atoms with Crippen LogP contribution in [0.1, 0.15) is 118 Å². The highest BCUT2D eigenvalue weighted by atomic mass is 79.9. The number of hydrogen-bond acceptors (Lipinski definition) is 8. The number of anilines is 1. The SMILES string of the molecule is CCCCCCCCCCCCCCOC(=O)c1ccc(OC)c(NC(=O)C(C(=O)c2ccc(OC)cc2)N2C(=O)NC(=C(Br)CC)C2=O)c1. The number of ketones is 1. The molecule has 12 heteroatoms. The number of amides is 4. The first-order chi connectivity index (χ1) is 24.2. The number of halogens is 1. The van der Waals surface area contributed by atoms with Crippen molar-refractivity contribution >= 4 is 51.2 Å². The minimum atomic E-state index is -1.89. The van der Waals surface area contributed by atoms with Crippen LogP contribution in [0.2, 0.25) is 0 Å². The third-order valence-electron chi connectivity index (χ3n) is 8.52. The van der Waals surface area contributed by atoms with E-state index in [0.29, 0.717) is 21.6 Å². The van der Waals surface area contributed by atoms with Gasteiger partial charge in [0.1, 0.15) is 17.2 Å². The summed E-state index contributed by atoms with van der Waals surface area (Å²) in [7, 11) is 2.85. The summed E-state index contributed by atoms with van der Waals surface area (Å²) >= 11 is 3.28. The molecule has 0 aromatic heterocycles. The van der Waals surface area contributed by atoms with Crippen LogP contribution >= 0.6 is 15.9 Å². The Hall–Kier alpha value is -4.19. The van der Waals surface area contributed by atoms with E-state index in [2.05, 4.69) is 33.5 Å². The number of nitrogens with one attached hydrogen (secondary N) is 2. The molecule has 1 saturated heterocycles. The minimum Gasteiger partial charge on any atom is -0.497 e. The minimum absolute atomic E-state index is 0.0578. The number of rotatable bonds is 22. The van der Waals surface area contributed by atoms with Gasteiger partial charge < -0.3 is 24.8 Å². The van der Waals surface area contributed by atoms with E-state index < -0.39 is 35.6 Å². The molecule has 4 amide bonds. The first-order valence-electron chi connectivity index (χ1n) is 17.5. The summed E-state index contributed by atoms with van der Waals surface area (Å²) in [5.41, 5.74) is 0.224. The first-order valence-corrected chi connectivity index (χ1v) is 18.3. The molecule has 11 nitrogen and oxygen atoms in total. The maximum Gasteiger partial charge on any atom is 0.338 e. The molecule has 1 atom stereocenters. The van der Waals surface area contributed by atoms with Crippen LogP contribution in [0.5, 0.6) is 11.5 Å². The fourth-order valence-corrected chi connectivity index (χ4v) is 5.89. The molecule has 1 unspecified atom stereocenters. The van der Waals surface area contributed by atoms with E-state index in [9.17, 15) is 24.0 Å². The first kappa shape index (κ1) is 40.2. The zero-order valence-electron chi connectivity index (χ0n) is 29.6. The second-order valence-electron chi connectivity index (χ2n) is 12.2. The van der Waals surface area contributed by atoms with E-state index in [4.69, 9.17) is 14.2 Å². The molecule has 1 heterocycles. The highest BCUT2D eigenvalue weighted by Gasteiger charge is 2.46. The number of imide groups is 1. The fraction of sp³-hybridized carbons (Fsp3) is 0.500. The zero-order chi connectivity index (χ0) is 36.5. The average Bonchev–Trinajstić information content (AvgIpc) is 3.42. The monoisotopic (exact) mass is 755 g/mol. The summed E-state index contributed by atoms with van der Waals surface area (Å²) in [5.74, 6) is -2.54. The molecule has 1 aliphatic rings. The summed E-state index contributed by atoms with van der Waals surface area (Å²) < 4.78 is 16.5. The fourth-order valence-electron chi connectivity index (χ4n) is 5.62. The number of ether oxygens (including phenoxy) is 3. The molecule has 0 bridgehead atoms. The number of benzene rings is 2. The van der Waals surface area contributed by atoms with Crippen LogP contribution in [0.15, 0.2) is 52.6 Å². The van der Waals surface area contributed by atoms with Crippen LogP contribution in [0.25, 0.3) is 0 Å². The Labute approximate surface area is 303 Å². The molecule has 0 radical (unpaired) electrons. The largest absolute Gasteiger partial charge is 0.497 e. The summed E-state index contributed by atoms with van der Waals surface area (Å²) in [6, 6.07) is 7.49. The van der Waals surface area contributed by atoms with Gasteiger partial charge in [-0.15, -0.1) is 0 Å². The van der Waals surface area contributed by atoms with Crippen molar-refractivity contribution < 1.29 is 38.2 Å². The molecule has 272 valence electrons. The number of carbonyl (C=O) groups excluding carboxylic acids is 5. The summed E-state index contributed by atoms with van der Waals surface area (Å²) in [5, 5.41) is 5.06. The predicted octanol–water partition coefficient (Wildman–Crippen LogP) is 8.32. The van der Waals surface area contributed by atoms with Crippen molar-refractivity contribution in [2.75, 3.05) is 26.1 Å². The number of esters is 1. The van der Waals surface area contributed by atoms with Gasteiger partial charge >= 0.3 is 12.0 Å². The standard InChI is InChI=1S/C38H50BrN3O8/c1-5-7-8-9-10-11-12-13-14-15-16-17-24-50-37(46)27-20-23-31(49-4)30(25-27)40-35(44)33(34(43)26-18-21-28(48-3)22-19-26)42-36(45)32(29(39)6-2)41-38(42)47/h18-23,25,33H,5-17,24H2,1-4H3,(H,40,44)(H,41,47). The van der Waals surface area contributed by atoms with Crippen LogP contribution in [0.4, 0.5) is 10.5 Å². The van der Waals surface area contributed by atoms with Crippen LogP contribution < -0.4 is 20.1 Å². The van der Waals surface area contributed by atoms with Gasteiger partial charge in [-0.2, -0.15) is 0 Å². The van der Waals surface area contributed by atoms with E-state index in [1.807, 2.05) is 0 Å². The van der Waals surface area contributed by atoms with E-state index >= 15 is 0 Å². The third kappa shape index (κ3) is 11.4. The number of unbranched alkanes of at least 4 members (excludes halogenated alkanes) is 11. The van der Waals surface area contributed by atoms with Crippen molar-refractivity contribution in [1.29, 1.82) is 0 Å². The van der Waals surface area contributed by atoms with E-state index in [1.54, 1.807) is 6.92 Å². The number of carbonyl (C=O) groups is 5. The van der Waals surface area contributed by atoms with E-state index in [1.165, 1.54) is 114 Å². The molecule has 2 N–H and O–H groups in total. The molecular formula is C38H50BrN3O8. The number of allylic oxidation sites excluding steroid dienone is 1. The van der Waals surface area contributed by atoms with Gasteiger partial charge in [-0.3, -0.25) is 14.4 Å². The molecule has 0 saturated carbocycles. The molecule has 0 aliphatic carbocycles. The highest BCUT2D eigenvalue weighted by molar-refractivity contribution is 9.11. The Morgan fingerprint density at radius 1 is 0.800 bits per heavy atom. The highest BCUT2D eigenvalue weighted by Crippen LogP contribution is 2.29. The number of nitrogens with zero attached hydrogens (tertiary/aromatic N) is 1. The van der Waals surface area contributed by atoms with Crippen LogP contribution in [0, 0.1) is 0 Å². The van der Waals surface area contributed by atoms with Gasteiger partial charge in [-0.1, -0.05) is 100 Å². The van der Waals surface area contributed by atoms with Crippen LogP contribution in [0.3, 0.4) is 0 Å². The maximum atomic E-state index is 13.9. The molecule has 0 spiro atoms. The van der Waals surface area contributed by atoms with Crippen molar-refractivity contribution in [3.8, 4) is 11.5 Å². The number of methoxy groups -OCH3 is 2. The molecular weight excluding hydrogens is 706 g/mol. The lowest BCUT2D eigenvalue weighted by molar-refractivity contribution is -0.129. The van der Waals surface area contributed by atoms with Gasteiger partial charge in [-0.05, 0) is 55.3 Å². The van der Waals surface area contributed by atoms with Gasteiger partial charge in [0.05, 0.1) is 32.1 Å². The zero-order valence-corrected chi connectivity index (χ0v) is 31.2. The Morgan fingerprint density at radius 2 is 1.38 bits per heavy atom. The molecule has 2 aromatic carbocycles. The van der Waals surface area contributed by atoms with E-state index in [-0.39, 0.29) is 34.9 Å². The molecule has 1 aliphatic heterocycles. The van der Waals surface area contributed by atoms with E-state index in [0.717, 1.165) is 19.3 Å². The maximum absolute atomic E-state index is 13.9. The Bertz CT molecular complexity index is 1510. The van der Waals surface area contributed by atoms with Crippen molar-refractivity contribution in [3.63, 3.8) is 0 Å². The third-order valence-corrected chi connectivity index (χ3v) is 9.48. The smallest absolute Gasteiger partial charge is 0.338 e. The second-order valence-corrected chi connectivity index (χ2v) is 13.1. The lowest BCUT2D eigenvalue weighted by Gasteiger charge is -2.24. The average molecular weight is 757 g/mol. The molecule has 3 rings (SSSR count). The summed E-state index contributed by atoms with van der Waals surface area (Å²) in [4.78, 5) is 67.7. The summed E-state index contributed by atoms with van der Waals surface area (Å²) in [6.45, 7) is 4.27. The normalized spacial score (nSPS) is 14.2. The van der Waals surface area contributed by atoms with Crippen molar-refractivity contribution in [3.05, 3.63) is 63.8 Å². The predicted molar refractivity (Wildman–Crippen MR) is 196 cm³/mol. The Balaban J connectivity index is 1.67. The van der Waals surface area contributed by atoms with Gasteiger partial charge in [0.25, 0.3) is 11.8 Å². The molecule has 2 aromatic rings. The van der Waals surface area contributed by atoms with Gasteiger partial charge in [-0.25, -0.2) is 14.5 Å². The summed E-state index contributed by atoms with van der Waals surface area (Å²) in [6.07, 6.45) is 14.7. The number of urea groups is 1. The van der Waals surface area contributed by atoms with Crippen molar-refractivity contribution in [2.45, 2.75) is 103 Å². The van der Waals surface area contributed by atoms with Crippen LogP contribution in [-0.4, -0.2) is 61.4 Å².